The van der Waals surface area contributed by atoms with E-state index in [-0.39, 0.29) is 5.56 Å². The summed E-state index contributed by atoms with van der Waals surface area (Å²) in [6, 6.07) is 13.2. The third-order valence-electron chi connectivity index (χ3n) is 3.87. The lowest BCUT2D eigenvalue weighted by Crippen LogP contribution is -2.17. The molecule has 0 saturated carbocycles. The number of rotatable bonds is 8. The first-order valence-corrected chi connectivity index (χ1v) is 8.33. The van der Waals surface area contributed by atoms with Crippen LogP contribution in [0.15, 0.2) is 67.1 Å². The molecule has 0 saturated heterocycles. The quantitative estimate of drug-likeness (QED) is 0.654. The predicted molar refractivity (Wildman–Crippen MR) is 99.4 cm³/mol. The molecule has 132 valence electrons. The molecule has 0 spiro atoms. The standard InChI is InChI=1S/C20H20N4O2/c25-20(26)17-8-9-22-18(13-17)14-21-15-19-23-10-12-24(19)11-4-7-16-5-2-1-3-6-16/h1-10,12-13,21H,11,14-15H2,(H,25,26)/b7-4+. The van der Waals surface area contributed by atoms with Crippen LogP contribution < -0.4 is 5.32 Å². The molecule has 2 aromatic heterocycles. The SMILES string of the molecule is O=C(O)c1ccnc(CNCc2nccn2C/C=C/c2ccccc2)c1. The van der Waals surface area contributed by atoms with Gasteiger partial charge in [-0.05, 0) is 17.7 Å². The molecule has 0 bridgehead atoms. The van der Waals surface area contributed by atoms with Crippen molar-refractivity contribution in [1.29, 1.82) is 0 Å². The van der Waals surface area contributed by atoms with Crippen LogP contribution in [-0.2, 0) is 19.6 Å². The van der Waals surface area contributed by atoms with Crippen LogP contribution in [0.4, 0.5) is 0 Å². The van der Waals surface area contributed by atoms with Crippen LogP contribution in [0, 0.1) is 0 Å². The van der Waals surface area contributed by atoms with Gasteiger partial charge in [0.2, 0.25) is 0 Å². The number of imidazole rings is 1. The molecule has 2 N–H and O–H groups in total. The van der Waals surface area contributed by atoms with E-state index in [4.69, 9.17) is 5.11 Å². The molecule has 3 rings (SSSR count). The summed E-state index contributed by atoms with van der Waals surface area (Å²) in [5.41, 5.74) is 2.09. The van der Waals surface area contributed by atoms with Crippen molar-refractivity contribution in [2.24, 2.45) is 0 Å². The zero-order valence-corrected chi connectivity index (χ0v) is 14.2. The van der Waals surface area contributed by atoms with Crippen LogP contribution >= 0.6 is 0 Å². The lowest BCUT2D eigenvalue weighted by atomic mass is 10.2. The zero-order chi connectivity index (χ0) is 18.2. The Morgan fingerprint density at radius 1 is 1.12 bits per heavy atom. The maximum absolute atomic E-state index is 11.0. The Kier molecular flexibility index (Phi) is 5.90. The third-order valence-corrected chi connectivity index (χ3v) is 3.87. The van der Waals surface area contributed by atoms with Crippen molar-refractivity contribution in [3.8, 4) is 0 Å². The number of carboxylic acids is 1. The van der Waals surface area contributed by atoms with Gasteiger partial charge in [0.05, 0.1) is 17.8 Å². The average Bonchev–Trinajstić information content (AvgIpc) is 3.10. The summed E-state index contributed by atoms with van der Waals surface area (Å²) in [6.07, 6.45) is 9.40. The number of aromatic nitrogens is 3. The number of nitrogens with zero attached hydrogens (tertiary/aromatic N) is 3. The zero-order valence-electron chi connectivity index (χ0n) is 14.2. The maximum atomic E-state index is 11.0. The first-order valence-electron chi connectivity index (χ1n) is 8.33. The molecule has 0 aliphatic heterocycles. The van der Waals surface area contributed by atoms with Gasteiger partial charge in [-0.1, -0.05) is 42.5 Å². The highest BCUT2D eigenvalue weighted by Gasteiger charge is 2.05. The molecule has 0 fully saturated rings. The van der Waals surface area contributed by atoms with Crippen LogP contribution in [0.1, 0.15) is 27.4 Å². The molecule has 0 amide bonds. The largest absolute Gasteiger partial charge is 0.478 e. The van der Waals surface area contributed by atoms with Gasteiger partial charge in [-0.15, -0.1) is 0 Å². The van der Waals surface area contributed by atoms with Crippen molar-refractivity contribution in [3.05, 3.63) is 89.8 Å². The Balaban J connectivity index is 1.53. The number of carbonyl (C=O) groups is 1. The van der Waals surface area contributed by atoms with E-state index in [1.807, 2.05) is 24.4 Å². The van der Waals surface area contributed by atoms with Crippen LogP contribution in [0.3, 0.4) is 0 Å². The van der Waals surface area contributed by atoms with E-state index in [0.717, 1.165) is 17.9 Å². The predicted octanol–water partition coefficient (Wildman–Crippen LogP) is 2.98. The fourth-order valence-corrected chi connectivity index (χ4v) is 2.55. The molecule has 0 aliphatic rings. The number of hydrogen-bond acceptors (Lipinski definition) is 4. The number of aromatic carboxylic acids is 1. The Bertz CT molecular complexity index is 888. The Morgan fingerprint density at radius 2 is 1.96 bits per heavy atom. The molecule has 3 aromatic rings. The summed E-state index contributed by atoms with van der Waals surface area (Å²) in [5, 5.41) is 12.3. The van der Waals surface area contributed by atoms with E-state index in [1.54, 1.807) is 12.3 Å². The van der Waals surface area contributed by atoms with Crippen molar-refractivity contribution in [2.75, 3.05) is 0 Å². The summed E-state index contributed by atoms with van der Waals surface area (Å²) in [4.78, 5) is 19.5. The Labute approximate surface area is 151 Å². The number of hydrogen-bond donors (Lipinski definition) is 2. The van der Waals surface area contributed by atoms with Crippen LogP contribution in [0.2, 0.25) is 0 Å². The average molecular weight is 348 g/mol. The molecule has 6 nitrogen and oxygen atoms in total. The van der Waals surface area contributed by atoms with Crippen molar-refractivity contribution >= 4 is 12.0 Å². The summed E-state index contributed by atoms with van der Waals surface area (Å²) >= 11 is 0. The summed E-state index contributed by atoms with van der Waals surface area (Å²) < 4.78 is 2.06. The van der Waals surface area contributed by atoms with E-state index >= 15 is 0 Å². The highest BCUT2D eigenvalue weighted by molar-refractivity contribution is 5.87. The number of benzene rings is 1. The second-order valence-electron chi connectivity index (χ2n) is 5.75. The molecule has 1 aromatic carbocycles. The minimum absolute atomic E-state index is 0.240. The van der Waals surface area contributed by atoms with Gasteiger partial charge in [-0.2, -0.15) is 0 Å². The van der Waals surface area contributed by atoms with Crippen molar-refractivity contribution in [1.82, 2.24) is 19.9 Å². The molecule has 0 unspecified atom stereocenters. The molecular weight excluding hydrogens is 328 g/mol. The van der Waals surface area contributed by atoms with Crippen molar-refractivity contribution in [3.63, 3.8) is 0 Å². The minimum Gasteiger partial charge on any atom is -0.478 e. The highest BCUT2D eigenvalue weighted by Crippen LogP contribution is 2.05. The van der Waals surface area contributed by atoms with Gasteiger partial charge < -0.3 is 15.0 Å². The van der Waals surface area contributed by atoms with Crippen LogP contribution in [-0.4, -0.2) is 25.6 Å². The van der Waals surface area contributed by atoms with Gasteiger partial charge in [0.1, 0.15) is 5.82 Å². The second kappa shape index (κ2) is 8.73. The summed E-state index contributed by atoms with van der Waals surface area (Å²) in [7, 11) is 0. The fraction of sp³-hybridized carbons (Fsp3) is 0.150. The fourth-order valence-electron chi connectivity index (χ4n) is 2.55. The van der Waals surface area contributed by atoms with Crippen LogP contribution in [0.25, 0.3) is 6.08 Å². The number of pyridine rings is 1. The van der Waals surface area contributed by atoms with Gasteiger partial charge in [0, 0.05) is 31.7 Å². The summed E-state index contributed by atoms with van der Waals surface area (Å²) in [6.45, 7) is 1.79. The highest BCUT2D eigenvalue weighted by atomic mass is 16.4. The van der Waals surface area contributed by atoms with Crippen molar-refractivity contribution in [2.45, 2.75) is 19.6 Å². The first kappa shape index (κ1) is 17.6. The normalized spacial score (nSPS) is 11.1. The van der Waals surface area contributed by atoms with Gasteiger partial charge in [0.25, 0.3) is 0 Å². The van der Waals surface area contributed by atoms with E-state index in [0.29, 0.717) is 18.8 Å². The lowest BCUT2D eigenvalue weighted by Gasteiger charge is -2.07. The number of allylic oxidation sites excluding steroid dienone is 1. The molecule has 0 aliphatic carbocycles. The lowest BCUT2D eigenvalue weighted by molar-refractivity contribution is 0.0696. The molecule has 0 radical (unpaired) electrons. The molecule has 0 atom stereocenters. The van der Waals surface area contributed by atoms with Gasteiger partial charge in [-0.25, -0.2) is 9.78 Å². The van der Waals surface area contributed by atoms with E-state index in [2.05, 4.69) is 44.1 Å². The second-order valence-corrected chi connectivity index (χ2v) is 5.75. The third kappa shape index (κ3) is 4.87. The van der Waals surface area contributed by atoms with E-state index in [9.17, 15) is 4.79 Å². The topological polar surface area (TPSA) is 80.0 Å². The monoisotopic (exact) mass is 348 g/mol. The molecular formula is C20H20N4O2. The minimum atomic E-state index is -0.950. The van der Waals surface area contributed by atoms with Crippen LogP contribution in [0.5, 0.6) is 0 Å². The van der Waals surface area contributed by atoms with E-state index < -0.39 is 5.97 Å². The number of nitrogens with one attached hydrogen (secondary N) is 1. The Morgan fingerprint density at radius 3 is 2.77 bits per heavy atom. The molecule has 6 heteroatoms. The van der Waals surface area contributed by atoms with Gasteiger partial charge >= 0.3 is 5.97 Å². The molecule has 26 heavy (non-hydrogen) atoms. The smallest absolute Gasteiger partial charge is 0.335 e. The number of carboxylic acid groups (broad SMARTS) is 1. The Hall–Kier alpha value is -3.25. The van der Waals surface area contributed by atoms with E-state index in [1.165, 1.54) is 12.3 Å². The maximum Gasteiger partial charge on any atom is 0.335 e. The molecule has 2 heterocycles. The summed E-state index contributed by atoms with van der Waals surface area (Å²) in [5.74, 6) is -0.0357. The van der Waals surface area contributed by atoms with Gasteiger partial charge in [0.15, 0.2) is 0 Å². The first-order chi connectivity index (χ1) is 12.7. The van der Waals surface area contributed by atoms with Gasteiger partial charge in [-0.3, -0.25) is 4.98 Å². The van der Waals surface area contributed by atoms with Crippen molar-refractivity contribution < 1.29 is 9.90 Å².